The van der Waals surface area contributed by atoms with Gasteiger partial charge in [0.15, 0.2) is 0 Å². The average molecular weight is 609 g/mol. The molecular weight excluding hydrogens is 585 g/mol. The molecule has 210 valence electrons. The van der Waals surface area contributed by atoms with Crippen molar-refractivity contribution in [2.75, 3.05) is 0 Å². The molecule has 10 rings (SSSR count). The van der Waals surface area contributed by atoms with Gasteiger partial charge in [-0.25, -0.2) is 4.98 Å². The number of rotatable bonds is 3. The van der Waals surface area contributed by atoms with Crippen LogP contribution < -0.4 is 0 Å². The molecule has 4 heterocycles. The predicted octanol–water partition coefficient (Wildman–Crippen LogP) is 12.2. The summed E-state index contributed by atoms with van der Waals surface area (Å²) in [6, 6.07) is 52.9. The van der Waals surface area contributed by atoms with Crippen molar-refractivity contribution in [2.24, 2.45) is 0 Å². The Labute approximate surface area is 267 Å². The molecule has 0 spiro atoms. The first-order chi connectivity index (χ1) is 22.3. The van der Waals surface area contributed by atoms with Crippen LogP contribution in [-0.4, -0.2) is 9.55 Å². The maximum atomic E-state index is 5.24. The molecule has 0 aliphatic rings. The minimum absolute atomic E-state index is 0.929. The summed E-state index contributed by atoms with van der Waals surface area (Å²) in [6.07, 6.45) is 0. The third-order valence-electron chi connectivity index (χ3n) is 9.02. The second-order valence-electron chi connectivity index (χ2n) is 11.6. The zero-order valence-electron chi connectivity index (χ0n) is 24.1. The van der Waals surface area contributed by atoms with Gasteiger partial charge in [-0.05, 0) is 77.9 Å². The number of thiophene rings is 2. The third-order valence-corrected chi connectivity index (χ3v) is 11.3. The van der Waals surface area contributed by atoms with Gasteiger partial charge >= 0.3 is 0 Å². The molecule has 10 aromatic rings. The molecule has 4 heteroatoms. The molecule has 0 saturated carbocycles. The van der Waals surface area contributed by atoms with Gasteiger partial charge in [-0.1, -0.05) is 78.9 Å². The van der Waals surface area contributed by atoms with E-state index in [1.54, 1.807) is 0 Å². The van der Waals surface area contributed by atoms with Crippen LogP contribution in [0, 0.1) is 0 Å². The highest BCUT2D eigenvalue weighted by atomic mass is 32.1. The number of para-hydroxylation sites is 2. The van der Waals surface area contributed by atoms with Crippen molar-refractivity contribution >= 4 is 84.8 Å². The summed E-state index contributed by atoms with van der Waals surface area (Å²) in [5.74, 6) is 0.929. The van der Waals surface area contributed by atoms with E-state index in [1.165, 1.54) is 73.3 Å². The van der Waals surface area contributed by atoms with Crippen LogP contribution >= 0.6 is 22.7 Å². The first kappa shape index (κ1) is 25.1. The minimum atomic E-state index is 0.929. The Hall–Kier alpha value is -5.29. The summed E-state index contributed by atoms with van der Waals surface area (Å²) in [5, 5.41) is 7.73. The Morgan fingerprint density at radius 3 is 1.51 bits per heavy atom. The van der Waals surface area contributed by atoms with Gasteiger partial charge in [0.05, 0.1) is 16.7 Å². The molecule has 45 heavy (non-hydrogen) atoms. The molecule has 0 aliphatic carbocycles. The van der Waals surface area contributed by atoms with Gasteiger partial charge < -0.3 is 0 Å². The van der Waals surface area contributed by atoms with E-state index in [-0.39, 0.29) is 0 Å². The SMILES string of the molecule is c1cc(-c2ccc3sc4ccc(-c5ccc6sc7ccccc7c6c5)cc4c3c2)nc(-n2c3ccccc3c3ccccc32)c1. The van der Waals surface area contributed by atoms with E-state index >= 15 is 0 Å². The highest BCUT2D eigenvalue weighted by Gasteiger charge is 2.14. The number of hydrogen-bond acceptors (Lipinski definition) is 3. The third kappa shape index (κ3) is 3.83. The first-order valence-corrected chi connectivity index (χ1v) is 16.8. The zero-order chi connectivity index (χ0) is 29.5. The molecule has 0 amide bonds. The largest absolute Gasteiger partial charge is 0.294 e. The van der Waals surface area contributed by atoms with Crippen molar-refractivity contribution in [3.8, 4) is 28.2 Å². The molecule has 0 unspecified atom stereocenters. The fourth-order valence-corrected chi connectivity index (χ4v) is 9.05. The van der Waals surface area contributed by atoms with Crippen molar-refractivity contribution in [1.82, 2.24) is 9.55 Å². The van der Waals surface area contributed by atoms with Gasteiger partial charge in [-0.3, -0.25) is 4.57 Å². The number of nitrogens with zero attached hydrogens (tertiary/aromatic N) is 2. The standard InChI is InChI=1S/C41H24N2S2/c1-4-12-35-28(8-1)29-9-2-5-13-36(29)43(35)41-15-7-11-34(42-41)27-18-21-40-33(24-27)32-23-26(17-20-39(32)45-40)25-16-19-38-31(22-25)30-10-3-6-14-37(30)44-38/h1-24H. The molecule has 4 aromatic heterocycles. The second kappa shape index (κ2) is 9.60. The molecule has 0 saturated heterocycles. The summed E-state index contributed by atoms with van der Waals surface area (Å²) in [5.41, 5.74) is 6.94. The van der Waals surface area contributed by atoms with Crippen LogP contribution in [0.5, 0.6) is 0 Å². The van der Waals surface area contributed by atoms with Gasteiger partial charge in [0.25, 0.3) is 0 Å². The topological polar surface area (TPSA) is 17.8 Å². The molecule has 0 aliphatic heterocycles. The van der Waals surface area contributed by atoms with Crippen LogP contribution in [0.4, 0.5) is 0 Å². The fourth-order valence-electron chi connectivity index (χ4n) is 6.90. The van der Waals surface area contributed by atoms with Crippen LogP contribution in [-0.2, 0) is 0 Å². The lowest BCUT2D eigenvalue weighted by Crippen LogP contribution is -1.98. The van der Waals surface area contributed by atoms with E-state index in [2.05, 4.69) is 150 Å². The van der Waals surface area contributed by atoms with Gasteiger partial charge in [0.1, 0.15) is 5.82 Å². The molecule has 0 N–H and O–H groups in total. The van der Waals surface area contributed by atoms with Gasteiger partial charge in [-0.15, -0.1) is 22.7 Å². The lowest BCUT2D eigenvalue weighted by atomic mass is 10.00. The number of pyridine rings is 1. The lowest BCUT2D eigenvalue weighted by molar-refractivity contribution is 1.08. The van der Waals surface area contributed by atoms with Crippen molar-refractivity contribution < 1.29 is 0 Å². The molecule has 6 aromatic carbocycles. The number of fused-ring (bicyclic) bond motifs is 9. The second-order valence-corrected chi connectivity index (χ2v) is 13.8. The highest BCUT2D eigenvalue weighted by Crippen LogP contribution is 2.41. The number of benzene rings is 6. The maximum Gasteiger partial charge on any atom is 0.138 e. The Kier molecular flexibility index (Phi) is 5.35. The lowest BCUT2D eigenvalue weighted by Gasteiger charge is -2.09. The van der Waals surface area contributed by atoms with E-state index in [1.807, 2.05) is 22.7 Å². The Morgan fingerprint density at radius 2 is 0.867 bits per heavy atom. The van der Waals surface area contributed by atoms with Crippen LogP contribution in [0.3, 0.4) is 0 Å². The zero-order valence-corrected chi connectivity index (χ0v) is 25.7. The van der Waals surface area contributed by atoms with Gasteiger partial charge in [0, 0.05) is 56.7 Å². The highest BCUT2D eigenvalue weighted by molar-refractivity contribution is 7.26. The summed E-state index contributed by atoms with van der Waals surface area (Å²) in [7, 11) is 0. The molecule has 0 bridgehead atoms. The van der Waals surface area contributed by atoms with Crippen molar-refractivity contribution in [2.45, 2.75) is 0 Å². The Morgan fingerprint density at radius 1 is 0.378 bits per heavy atom. The summed E-state index contributed by atoms with van der Waals surface area (Å²) in [4.78, 5) is 5.24. The Balaban J connectivity index is 1.11. The minimum Gasteiger partial charge on any atom is -0.294 e. The van der Waals surface area contributed by atoms with E-state index in [9.17, 15) is 0 Å². The van der Waals surface area contributed by atoms with E-state index in [0.717, 1.165) is 17.1 Å². The summed E-state index contributed by atoms with van der Waals surface area (Å²) < 4.78 is 7.56. The Bertz CT molecular complexity index is 2720. The molecule has 2 nitrogen and oxygen atoms in total. The first-order valence-electron chi connectivity index (χ1n) is 15.1. The molecule has 0 radical (unpaired) electrons. The summed E-state index contributed by atoms with van der Waals surface area (Å²) >= 11 is 3.72. The quantitative estimate of drug-likeness (QED) is 0.195. The number of hydrogen-bond donors (Lipinski definition) is 0. The molecular formula is C41H24N2S2. The normalized spacial score (nSPS) is 12.0. The van der Waals surface area contributed by atoms with Crippen LogP contribution in [0.15, 0.2) is 146 Å². The van der Waals surface area contributed by atoms with E-state index in [0.29, 0.717) is 0 Å². The average Bonchev–Trinajstić information content (AvgIpc) is 3.77. The fraction of sp³-hybridized carbons (Fsp3) is 0. The number of aromatic nitrogens is 2. The monoisotopic (exact) mass is 608 g/mol. The maximum absolute atomic E-state index is 5.24. The van der Waals surface area contributed by atoms with Crippen LogP contribution in [0.1, 0.15) is 0 Å². The predicted molar refractivity (Wildman–Crippen MR) is 195 cm³/mol. The van der Waals surface area contributed by atoms with E-state index in [4.69, 9.17) is 4.98 Å². The van der Waals surface area contributed by atoms with E-state index < -0.39 is 0 Å². The van der Waals surface area contributed by atoms with Crippen LogP contribution in [0.2, 0.25) is 0 Å². The molecule has 0 atom stereocenters. The smallest absolute Gasteiger partial charge is 0.138 e. The molecule has 0 fully saturated rings. The van der Waals surface area contributed by atoms with Crippen molar-refractivity contribution in [3.05, 3.63) is 146 Å². The summed E-state index contributed by atoms with van der Waals surface area (Å²) in [6.45, 7) is 0. The van der Waals surface area contributed by atoms with Crippen LogP contribution in [0.25, 0.3) is 90.4 Å². The van der Waals surface area contributed by atoms with Gasteiger partial charge in [0.2, 0.25) is 0 Å². The van der Waals surface area contributed by atoms with Crippen molar-refractivity contribution in [3.63, 3.8) is 0 Å². The van der Waals surface area contributed by atoms with Gasteiger partial charge in [-0.2, -0.15) is 0 Å². The van der Waals surface area contributed by atoms with Crippen molar-refractivity contribution in [1.29, 1.82) is 0 Å².